The summed E-state index contributed by atoms with van der Waals surface area (Å²) in [4.78, 5) is 0. The third kappa shape index (κ3) is 4.85. The number of nitrogens with zero attached hydrogens (tertiary/aromatic N) is 1. The van der Waals surface area contributed by atoms with Gasteiger partial charge in [-0.15, -0.1) is 0 Å². The van der Waals surface area contributed by atoms with Crippen LogP contribution < -0.4 is 0 Å². The van der Waals surface area contributed by atoms with Crippen LogP contribution in [0.15, 0.2) is 0 Å². The Labute approximate surface area is 106 Å². The second-order valence-electron chi connectivity index (χ2n) is 5.16. The molecule has 0 aromatic heterocycles. The van der Waals surface area contributed by atoms with Crippen molar-refractivity contribution >= 4 is 0 Å². The molecule has 0 atom stereocenters. The van der Waals surface area contributed by atoms with Crippen molar-refractivity contribution in [1.29, 1.82) is 5.26 Å². The molecule has 2 nitrogen and oxygen atoms in total. The fraction of sp³-hybridized carbons (Fsp3) is 0.923. The number of rotatable bonds is 5. The van der Waals surface area contributed by atoms with Crippen molar-refractivity contribution < 1.29 is 17.9 Å². The molecule has 1 aliphatic carbocycles. The van der Waals surface area contributed by atoms with Crippen LogP contribution in [0, 0.1) is 22.7 Å². The van der Waals surface area contributed by atoms with Crippen LogP contribution in [0.25, 0.3) is 0 Å². The summed E-state index contributed by atoms with van der Waals surface area (Å²) in [6.45, 7) is 0.937. The highest BCUT2D eigenvalue weighted by molar-refractivity contribution is 5.01. The normalized spacial score (nSPS) is 28.9. The predicted octanol–water partition coefficient (Wildman–Crippen LogP) is 4.07. The quantitative estimate of drug-likeness (QED) is 0.700. The summed E-state index contributed by atoms with van der Waals surface area (Å²) in [5, 5.41) is 9.23. The molecule has 0 saturated heterocycles. The molecule has 0 aromatic carbocycles. The molecule has 0 N–H and O–H groups in total. The van der Waals surface area contributed by atoms with Crippen molar-refractivity contribution in [3.05, 3.63) is 0 Å². The van der Waals surface area contributed by atoms with Crippen molar-refractivity contribution in [2.75, 3.05) is 13.2 Å². The van der Waals surface area contributed by atoms with Crippen LogP contribution in [0.3, 0.4) is 0 Å². The summed E-state index contributed by atoms with van der Waals surface area (Å²) >= 11 is 0. The minimum Gasteiger partial charge on any atom is -0.372 e. The number of ether oxygens (including phenoxy) is 1. The highest BCUT2D eigenvalue weighted by Crippen LogP contribution is 2.42. The molecule has 104 valence electrons. The molecule has 1 aliphatic rings. The maximum Gasteiger partial charge on any atom is 0.411 e. The first kappa shape index (κ1) is 15.3. The molecular weight excluding hydrogens is 243 g/mol. The van der Waals surface area contributed by atoms with Gasteiger partial charge in [-0.25, -0.2) is 0 Å². The predicted molar refractivity (Wildman–Crippen MR) is 61.8 cm³/mol. The summed E-state index contributed by atoms with van der Waals surface area (Å²) in [5.41, 5.74) is -0.461. The smallest absolute Gasteiger partial charge is 0.372 e. The number of nitriles is 1. The summed E-state index contributed by atoms with van der Waals surface area (Å²) in [5.74, 6) is 0.669. The minimum atomic E-state index is -4.28. The van der Waals surface area contributed by atoms with E-state index in [0.717, 1.165) is 32.1 Å². The second-order valence-corrected chi connectivity index (χ2v) is 5.16. The van der Waals surface area contributed by atoms with E-state index in [1.807, 2.05) is 0 Å². The van der Waals surface area contributed by atoms with E-state index >= 15 is 0 Å². The maximum atomic E-state index is 11.9. The fourth-order valence-corrected chi connectivity index (χ4v) is 2.51. The van der Waals surface area contributed by atoms with Gasteiger partial charge in [0, 0.05) is 6.61 Å². The van der Waals surface area contributed by atoms with E-state index in [-0.39, 0.29) is 6.61 Å². The standard InChI is InChI=1S/C13H20F3NO/c1-2-11-3-5-12(9-17,6-4-11)7-8-18-10-13(14,15)16/h11H,2-8,10H2,1H3. The molecule has 0 aromatic rings. The summed E-state index contributed by atoms with van der Waals surface area (Å²) in [7, 11) is 0. The van der Waals surface area contributed by atoms with Crippen LogP contribution in [0.5, 0.6) is 0 Å². The van der Waals surface area contributed by atoms with Crippen molar-refractivity contribution in [2.45, 2.75) is 51.6 Å². The fourth-order valence-electron chi connectivity index (χ4n) is 2.51. The Bertz CT molecular complexity index is 288. The van der Waals surface area contributed by atoms with Crippen molar-refractivity contribution in [3.8, 4) is 6.07 Å². The van der Waals surface area contributed by atoms with Gasteiger partial charge < -0.3 is 4.74 Å². The Morgan fingerprint density at radius 1 is 1.33 bits per heavy atom. The van der Waals surface area contributed by atoms with Crippen LogP contribution >= 0.6 is 0 Å². The molecule has 0 aliphatic heterocycles. The van der Waals surface area contributed by atoms with Gasteiger partial charge in [0.25, 0.3) is 0 Å². The zero-order valence-corrected chi connectivity index (χ0v) is 10.7. The van der Waals surface area contributed by atoms with E-state index in [0.29, 0.717) is 12.3 Å². The van der Waals surface area contributed by atoms with Crippen molar-refractivity contribution in [3.63, 3.8) is 0 Å². The summed E-state index contributed by atoms with van der Waals surface area (Å²) in [6.07, 6.45) is 0.837. The van der Waals surface area contributed by atoms with Gasteiger partial charge in [-0.2, -0.15) is 18.4 Å². The topological polar surface area (TPSA) is 33.0 Å². The largest absolute Gasteiger partial charge is 0.411 e. The average molecular weight is 263 g/mol. The van der Waals surface area contributed by atoms with E-state index < -0.39 is 18.2 Å². The molecule has 5 heteroatoms. The lowest BCUT2D eigenvalue weighted by Crippen LogP contribution is -2.28. The molecule has 0 bridgehead atoms. The van der Waals surface area contributed by atoms with Gasteiger partial charge in [0.2, 0.25) is 0 Å². The van der Waals surface area contributed by atoms with E-state index in [9.17, 15) is 18.4 Å². The Kier molecular flexibility index (Phi) is 5.46. The van der Waals surface area contributed by atoms with Gasteiger partial charge in [0.05, 0.1) is 11.5 Å². The number of halogens is 3. The molecule has 1 rings (SSSR count). The van der Waals surface area contributed by atoms with Crippen molar-refractivity contribution in [2.24, 2.45) is 11.3 Å². The molecule has 18 heavy (non-hydrogen) atoms. The lowest BCUT2D eigenvalue weighted by molar-refractivity contribution is -0.175. The zero-order chi connectivity index (χ0) is 13.6. The van der Waals surface area contributed by atoms with Gasteiger partial charge in [0.1, 0.15) is 6.61 Å². The lowest BCUT2D eigenvalue weighted by Gasteiger charge is -2.34. The third-order valence-electron chi connectivity index (χ3n) is 3.87. The van der Waals surface area contributed by atoms with Crippen LogP contribution in [0.2, 0.25) is 0 Å². The molecule has 0 amide bonds. The van der Waals surface area contributed by atoms with E-state index in [4.69, 9.17) is 0 Å². The first-order valence-electron chi connectivity index (χ1n) is 6.46. The summed E-state index contributed by atoms with van der Waals surface area (Å²) in [6, 6.07) is 2.30. The van der Waals surface area contributed by atoms with Gasteiger partial charge in [-0.3, -0.25) is 0 Å². The zero-order valence-electron chi connectivity index (χ0n) is 10.7. The van der Waals surface area contributed by atoms with Crippen LogP contribution in [0.1, 0.15) is 45.4 Å². The van der Waals surface area contributed by atoms with Gasteiger partial charge >= 0.3 is 6.18 Å². The lowest BCUT2D eigenvalue weighted by atomic mass is 9.69. The van der Waals surface area contributed by atoms with E-state index in [2.05, 4.69) is 17.7 Å². The Morgan fingerprint density at radius 2 is 1.94 bits per heavy atom. The third-order valence-corrected chi connectivity index (χ3v) is 3.87. The van der Waals surface area contributed by atoms with Gasteiger partial charge in [0.15, 0.2) is 0 Å². The van der Waals surface area contributed by atoms with E-state index in [1.54, 1.807) is 0 Å². The summed E-state index contributed by atoms with van der Waals surface area (Å²) < 4.78 is 40.3. The van der Waals surface area contributed by atoms with Crippen molar-refractivity contribution in [1.82, 2.24) is 0 Å². The molecule has 0 unspecified atom stereocenters. The number of alkyl halides is 3. The SMILES string of the molecule is CCC1CCC(C#N)(CCOCC(F)(F)F)CC1. The second kappa shape index (κ2) is 6.42. The average Bonchev–Trinajstić information content (AvgIpc) is 2.34. The molecular formula is C13H20F3NO. The monoisotopic (exact) mass is 263 g/mol. The Morgan fingerprint density at radius 3 is 2.39 bits per heavy atom. The minimum absolute atomic E-state index is 0.0177. The number of hydrogen-bond donors (Lipinski definition) is 0. The van der Waals surface area contributed by atoms with Crippen LogP contribution in [-0.4, -0.2) is 19.4 Å². The maximum absolute atomic E-state index is 11.9. The van der Waals surface area contributed by atoms with E-state index in [1.165, 1.54) is 0 Å². The van der Waals surface area contributed by atoms with Crippen LogP contribution in [0.4, 0.5) is 13.2 Å². The Hall–Kier alpha value is -0.760. The van der Waals surface area contributed by atoms with Crippen LogP contribution in [-0.2, 0) is 4.74 Å². The highest BCUT2D eigenvalue weighted by atomic mass is 19.4. The molecule has 0 heterocycles. The molecule has 0 spiro atoms. The Balaban J connectivity index is 2.32. The first-order valence-corrected chi connectivity index (χ1v) is 6.46. The highest BCUT2D eigenvalue weighted by Gasteiger charge is 2.35. The number of hydrogen-bond acceptors (Lipinski definition) is 2. The van der Waals surface area contributed by atoms with Gasteiger partial charge in [-0.1, -0.05) is 13.3 Å². The first-order chi connectivity index (χ1) is 8.41. The molecule has 1 saturated carbocycles. The molecule has 0 radical (unpaired) electrons. The van der Waals surface area contributed by atoms with Gasteiger partial charge in [-0.05, 0) is 38.0 Å². The molecule has 1 fully saturated rings.